The van der Waals surface area contributed by atoms with Crippen LogP contribution >= 0.6 is 0 Å². The minimum absolute atomic E-state index is 0.0217. The number of carbonyl (C=O) groups is 2. The van der Waals surface area contributed by atoms with Crippen molar-refractivity contribution in [1.29, 1.82) is 0 Å². The highest BCUT2D eigenvalue weighted by molar-refractivity contribution is 5.95. The number of nitrogens with one attached hydrogen (secondary N) is 2. The highest BCUT2D eigenvalue weighted by Crippen LogP contribution is 2.32. The van der Waals surface area contributed by atoms with Gasteiger partial charge in [-0.3, -0.25) is 4.79 Å². The molecule has 1 aliphatic rings. The number of H-pyrrole nitrogens is 1. The quantitative estimate of drug-likeness (QED) is 0.692. The van der Waals surface area contributed by atoms with Gasteiger partial charge in [0.05, 0.1) is 12.7 Å². The van der Waals surface area contributed by atoms with Crippen LogP contribution in [0.25, 0.3) is 10.9 Å². The first-order chi connectivity index (χ1) is 13.0. The van der Waals surface area contributed by atoms with Crippen LogP contribution in [0.1, 0.15) is 33.6 Å². The van der Waals surface area contributed by atoms with Crippen LogP contribution in [0.5, 0.6) is 0 Å². The summed E-state index contributed by atoms with van der Waals surface area (Å²) in [4.78, 5) is 27.8. The lowest BCUT2D eigenvalue weighted by Crippen LogP contribution is -2.28. The van der Waals surface area contributed by atoms with Gasteiger partial charge in [0.2, 0.25) is 5.91 Å². The summed E-state index contributed by atoms with van der Waals surface area (Å²) in [6, 6.07) is 13.2. The number of methoxy groups -OCH3 is 1. The maximum absolute atomic E-state index is 12.8. The Morgan fingerprint density at radius 2 is 1.93 bits per heavy atom. The van der Waals surface area contributed by atoms with E-state index in [0.717, 1.165) is 24.8 Å². The van der Waals surface area contributed by atoms with Gasteiger partial charge in [-0.15, -0.1) is 0 Å². The standard InChI is InChI=1S/C22H22N2O3/c1-13-3-9-19-17(11-13)18-12-15(6-10-20(18)24-19)21(25)23-16-7-4-14(5-8-16)22(26)27-2/h3-5,7-9,11,15,24H,6,10,12H2,1-2H3,(H,23,25). The molecular formula is C22H22N2O3. The first kappa shape index (κ1) is 17.3. The van der Waals surface area contributed by atoms with E-state index in [2.05, 4.69) is 35.4 Å². The molecule has 138 valence electrons. The number of fused-ring (bicyclic) bond motifs is 3. The van der Waals surface area contributed by atoms with E-state index in [1.54, 1.807) is 24.3 Å². The third-order valence-electron chi connectivity index (χ3n) is 5.29. The molecule has 0 aliphatic heterocycles. The molecule has 0 spiro atoms. The number of amides is 1. The molecule has 5 nitrogen and oxygen atoms in total. The molecule has 1 aliphatic carbocycles. The second-order valence-electron chi connectivity index (χ2n) is 7.13. The summed E-state index contributed by atoms with van der Waals surface area (Å²) in [6.07, 6.45) is 2.44. The predicted molar refractivity (Wildman–Crippen MR) is 105 cm³/mol. The molecule has 0 radical (unpaired) electrons. The zero-order valence-electron chi connectivity index (χ0n) is 15.5. The number of rotatable bonds is 3. The molecule has 1 heterocycles. The number of benzene rings is 2. The fourth-order valence-electron chi connectivity index (χ4n) is 3.81. The number of hydrogen-bond donors (Lipinski definition) is 2. The molecular weight excluding hydrogens is 340 g/mol. The van der Waals surface area contributed by atoms with Gasteiger partial charge in [-0.25, -0.2) is 4.79 Å². The van der Waals surface area contributed by atoms with E-state index in [1.165, 1.54) is 29.3 Å². The Kier molecular flexibility index (Phi) is 4.44. The monoisotopic (exact) mass is 362 g/mol. The van der Waals surface area contributed by atoms with E-state index in [4.69, 9.17) is 4.74 Å². The maximum atomic E-state index is 12.8. The SMILES string of the molecule is COC(=O)c1ccc(NC(=O)C2CCc3[nH]c4ccc(C)cc4c3C2)cc1. The zero-order chi connectivity index (χ0) is 19.0. The summed E-state index contributed by atoms with van der Waals surface area (Å²) in [5.74, 6) is -0.423. The summed E-state index contributed by atoms with van der Waals surface area (Å²) in [7, 11) is 1.35. The van der Waals surface area contributed by atoms with Crippen molar-refractivity contribution in [3.05, 3.63) is 64.8 Å². The van der Waals surface area contributed by atoms with Crippen LogP contribution in [0, 0.1) is 12.8 Å². The molecule has 2 aromatic carbocycles. The van der Waals surface area contributed by atoms with Gasteiger partial charge >= 0.3 is 5.97 Å². The van der Waals surface area contributed by atoms with E-state index in [1.807, 2.05) is 0 Å². The molecule has 0 bridgehead atoms. The Morgan fingerprint density at radius 3 is 2.67 bits per heavy atom. The van der Waals surface area contributed by atoms with Gasteiger partial charge in [0, 0.05) is 28.2 Å². The minimum Gasteiger partial charge on any atom is -0.465 e. The summed E-state index contributed by atoms with van der Waals surface area (Å²) in [5, 5.41) is 4.20. The number of anilines is 1. The Hall–Kier alpha value is -3.08. The highest BCUT2D eigenvalue weighted by atomic mass is 16.5. The number of aromatic amines is 1. The smallest absolute Gasteiger partial charge is 0.337 e. The van der Waals surface area contributed by atoms with Gasteiger partial charge < -0.3 is 15.0 Å². The van der Waals surface area contributed by atoms with Crippen molar-refractivity contribution in [2.75, 3.05) is 12.4 Å². The number of aryl methyl sites for hydroxylation is 2. The van der Waals surface area contributed by atoms with E-state index in [-0.39, 0.29) is 17.8 Å². The second-order valence-corrected chi connectivity index (χ2v) is 7.13. The summed E-state index contributed by atoms with van der Waals surface area (Å²) >= 11 is 0. The molecule has 27 heavy (non-hydrogen) atoms. The summed E-state index contributed by atoms with van der Waals surface area (Å²) in [5.41, 5.74) is 6.04. The normalized spacial score (nSPS) is 16.0. The van der Waals surface area contributed by atoms with Gasteiger partial charge in [0.15, 0.2) is 0 Å². The van der Waals surface area contributed by atoms with Crippen molar-refractivity contribution in [1.82, 2.24) is 4.98 Å². The third-order valence-corrected chi connectivity index (χ3v) is 5.29. The van der Waals surface area contributed by atoms with Crippen molar-refractivity contribution < 1.29 is 14.3 Å². The lowest BCUT2D eigenvalue weighted by atomic mass is 9.85. The number of ether oxygens (including phenoxy) is 1. The predicted octanol–water partition coefficient (Wildman–Crippen LogP) is 4.01. The Labute approximate surface area is 157 Å². The molecule has 1 unspecified atom stereocenters. The van der Waals surface area contributed by atoms with Crippen LogP contribution in [-0.4, -0.2) is 24.0 Å². The molecule has 4 rings (SSSR count). The fourth-order valence-corrected chi connectivity index (χ4v) is 3.81. The van der Waals surface area contributed by atoms with Crippen molar-refractivity contribution in [3.63, 3.8) is 0 Å². The van der Waals surface area contributed by atoms with Crippen molar-refractivity contribution in [2.45, 2.75) is 26.2 Å². The van der Waals surface area contributed by atoms with Crippen LogP contribution in [0.15, 0.2) is 42.5 Å². The molecule has 2 N–H and O–H groups in total. The van der Waals surface area contributed by atoms with Gasteiger partial charge in [0.25, 0.3) is 0 Å². The molecule has 5 heteroatoms. The van der Waals surface area contributed by atoms with Crippen LogP contribution in [-0.2, 0) is 22.4 Å². The average Bonchev–Trinajstić information content (AvgIpc) is 3.05. The van der Waals surface area contributed by atoms with Gasteiger partial charge in [-0.2, -0.15) is 0 Å². The molecule has 1 amide bonds. The molecule has 0 fully saturated rings. The number of carbonyl (C=O) groups excluding carboxylic acids is 2. The molecule has 0 saturated heterocycles. The minimum atomic E-state index is -0.387. The Balaban J connectivity index is 1.50. The van der Waals surface area contributed by atoms with Crippen LogP contribution < -0.4 is 5.32 Å². The maximum Gasteiger partial charge on any atom is 0.337 e. The van der Waals surface area contributed by atoms with E-state index in [0.29, 0.717) is 11.3 Å². The van der Waals surface area contributed by atoms with Crippen molar-refractivity contribution >= 4 is 28.5 Å². The molecule has 0 saturated carbocycles. The third kappa shape index (κ3) is 3.33. The van der Waals surface area contributed by atoms with Gasteiger partial charge in [-0.1, -0.05) is 11.6 Å². The first-order valence-electron chi connectivity index (χ1n) is 9.14. The van der Waals surface area contributed by atoms with E-state index < -0.39 is 0 Å². The van der Waals surface area contributed by atoms with Gasteiger partial charge in [-0.05, 0) is 68.1 Å². The number of aromatic nitrogens is 1. The summed E-state index contributed by atoms with van der Waals surface area (Å²) < 4.78 is 4.69. The van der Waals surface area contributed by atoms with Crippen LogP contribution in [0.3, 0.4) is 0 Å². The molecule has 1 atom stereocenters. The number of hydrogen-bond acceptors (Lipinski definition) is 3. The van der Waals surface area contributed by atoms with Crippen LogP contribution in [0.2, 0.25) is 0 Å². The van der Waals surface area contributed by atoms with Crippen molar-refractivity contribution in [3.8, 4) is 0 Å². The van der Waals surface area contributed by atoms with Crippen LogP contribution in [0.4, 0.5) is 5.69 Å². The van der Waals surface area contributed by atoms with Gasteiger partial charge in [0.1, 0.15) is 0 Å². The number of esters is 1. The van der Waals surface area contributed by atoms with E-state index in [9.17, 15) is 9.59 Å². The second kappa shape index (κ2) is 6.91. The van der Waals surface area contributed by atoms with E-state index >= 15 is 0 Å². The Bertz CT molecular complexity index is 1020. The largest absolute Gasteiger partial charge is 0.465 e. The fraction of sp³-hybridized carbons (Fsp3) is 0.273. The topological polar surface area (TPSA) is 71.2 Å². The lowest BCUT2D eigenvalue weighted by molar-refractivity contribution is -0.120. The van der Waals surface area contributed by atoms with Crippen molar-refractivity contribution in [2.24, 2.45) is 5.92 Å². The average molecular weight is 362 g/mol. The lowest BCUT2D eigenvalue weighted by Gasteiger charge is -2.22. The zero-order valence-corrected chi connectivity index (χ0v) is 15.5. The highest BCUT2D eigenvalue weighted by Gasteiger charge is 2.27. The summed E-state index contributed by atoms with van der Waals surface area (Å²) in [6.45, 7) is 2.09. The molecule has 3 aromatic rings. The molecule has 1 aromatic heterocycles. The first-order valence-corrected chi connectivity index (χ1v) is 9.14. The Morgan fingerprint density at radius 1 is 1.15 bits per heavy atom.